The summed E-state index contributed by atoms with van der Waals surface area (Å²) in [4.78, 5) is 12.8. The van der Waals surface area contributed by atoms with E-state index in [1.165, 1.54) is 0 Å². The van der Waals surface area contributed by atoms with Gasteiger partial charge in [0.25, 0.3) is 10.1 Å². The van der Waals surface area contributed by atoms with E-state index >= 15 is 0 Å². The lowest BCUT2D eigenvalue weighted by molar-refractivity contribution is -0.388. The maximum Gasteiger partial charge on any atom is 0.388 e. The van der Waals surface area contributed by atoms with Gasteiger partial charge in [0.05, 0.1) is 6.61 Å². The number of pyridine rings is 1. The van der Waals surface area contributed by atoms with Crippen molar-refractivity contribution < 1.29 is 17.5 Å². The Morgan fingerprint density at radius 3 is 2.74 bits per heavy atom. The van der Waals surface area contributed by atoms with Crippen LogP contribution in [0.3, 0.4) is 0 Å². The van der Waals surface area contributed by atoms with Gasteiger partial charge in [0, 0.05) is 6.07 Å². The third kappa shape index (κ3) is 3.86. The average molecular weight is 289 g/mol. The summed E-state index contributed by atoms with van der Waals surface area (Å²) >= 11 is 0. The van der Waals surface area contributed by atoms with Gasteiger partial charge in [0.2, 0.25) is 0 Å². The number of rotatable bonds is 7. The van der Waals surface area contributed by atoms with Crippen LogP contribution in [0.4, 0.5) is 11.5 Å². The maximum atomic E-state index is 11.8. The van der Waals surface area contributed by atoms with Crippen LogP contribution in [0.2, 0.25) is 0 Å². The topological polar surface area (TPSA) is 125 Å². The summed E-state index contributed by atoms with van der Waals surface area (Å²) in [6.45, 7) is 1.99. The molecule has 8 nitrogen and oxygen atoms in total. The molecule has 1 heterocycles. The zero-order valence-corrected chi connectivity index (χ0v) is 11.2. The van der Waals surface area contributed by atoms with Gasteiger partial charge >= 0.3 is 5.82 Å². The molecule has 0 bridgehead atoms. The molecule has 1 rings (SSSR count). The second kappa shape index (κ2) is 6.43. The highest BCUT2D eigenvalue weighted by molar-refractivity contribution is 7.87. The summed E-state index contributed by atoms with van der Waals surface area (Å²) in [5.74, 6) is -0.696. The predicted molar refractivity (Wildman–Crippen MR) is 68.0 cm³/mol. The molecule has 0 unspecified atom stereocenters. The second-order valence-corrected chi connectivity index (χ2v) is 5.37. The number of nitrogens with two attached hydrogens (primary N) is 1. The summed E-state index contributed by atoms with van der Waals surface area (Å²) in [5, 5.41) is 10.6. The first-order chi connectivity index (χ1) is 8.90. The molecule has 0 aliphatic heterocycles. The highest BCUT2D eigenvalue weighted by Gasteiger charge is 2.25. The van der Waals surface area contributed by atoms with Crippen molar-refractivity contribution in [2.75, 3.05) is 12.3 Å². The Kier molecular flexibility index (Phi) is 5.19. The van der Waals surface area contributed by atoms with Crippen molar-refractivity contribution in [3.05, 3.63) is 22.4 Å². The molecule has 0 aromatic carbocycles. The van der Waals surface area contributed by atoms with Crippen molar-refractivity contribution in [3.8, 4) is 0 Å². The van der Waals surface area contributed by atoms with Gasteiger partial charge in [0.1, 0.15) is 11.1 Å². The molecule has 9 heteroatoms. The molecule has 106 valence electrons. The Morgan fingerprint density at radius 2 is 2.16 bits per heavy atom. The molecule has 1 aromatic heterocycles. The Morgan fingerprint density at radius 1 is 1.47 bits per heavy atom. The third-order valence-corrected chi connectivity index (χ3v) is 3.73. The summed E-state index contributed by atoms with van der Waals surface area (Å²) < 4.78 is 28.5. The molecule has 0 fully saturated rings. The van der Waals surface area contributed by atoms with Gasteiger partial charge in [-0.2, -0.15) is 8.42 Å². The van der Waals surface area contributed by atoms with Crippen LogP contribution in [0.15, 0.2) is 17.2 Å². The Balaban J connectivity index is 2.96. The first kappa shape index (κ1) is 15.3. The Hall–Kier alpha value is -1.74. The van der Waals surface area contributed by atoms with E-state index in [4.69, 9.17) is 9.92 Å². The van der Waals surface area contributed by atoms with Crippen molar-refractivity contribution in [1.82, 2.24) is 4.98 Å². The van der Waals surface area contributed by atoms with Crippen LogP contribution in [0, 0.1) is 10.1 Å². The summed E-state index contributed by atoms with van der Waals surface area (Å²) in [7, 11) is -4.10. The van der Waals surface area contributed by atoms with Gasteiger partial charge < -0.3 is 15.8 Å². The molecule has 0 amide bonds. The van der Waals surface area contributed by atoms with Crippen molar-refractivity contribution in [2.45, 2.75) is 31.1 Å². The molecule has 0 spiro atoms. The minimum absolute atomic E-state index is 0.0196. The van der Waals surface area contributed by atoms with Crippen molar-refractivity contribution in [1.29, 1.82) is 0 Å². The van der Waals surface area contributed by atoms with Crippen LogP contribution in [0.25, 0.3) is 0 Å². The minimum Gasteiger partial charge on any atom is -0.391 e. The number of anilines is 1. The molecule has 0 aliphatic rings. The van der Waals surface area contributed by atoms with Gasteiger partial charge in [-0.25, -0.2) is 0 Å². The highest BCUT2D eigenvalue weighted by Crippen LogP contribution is 2.27. The minimum atomic E-state index is -4.10. The van der Waals surface area contributed by atoms with Crippen LogP contribution >= 0.6 is 0 Å². The van der Waals surface area contributed by atoms with E-state index in [1.54, 1.807) is 0 Å². The van der Waals surface area contributed by atoms with Crippen LogP contribution in [0.1, 0.15) is 26.2 Å². The van der Waals surface area contributed by atoms with Crippen molar-refractivity contribution in [3.63, 3.8) is 0 Å². The lowest BCUT2D eigenvalue weighted by atomic mass is 10.3. The van der Waals surface area contributed by atoms with Crippen LogP contribution in [0.5, 0.6) is 0 Å². The average Bonchev–Trinajstić information content (AvgIpc) is 2.34. The fourth-order valence-electron chi connectivity index (χ4n) is 1.39. The largest absolute Gasteiger partial charge is 0.391 e. The van der Waals surface area contributed by atoms with Crippen LogP contribution in [-0.2, 0) is 14.3 Å². The van der Waals surface area contributed by atoms with Gasteiger partial charge in [-0.15, -0.1) is 0 Å². The lowest BCUT2D eigenvalue weighted by Gasteiger charge is -2.07. The lowest BCUT2D eigenvalue weighted by Crippen LogP contribution is -2.12. The number of nitro groups is 1. The number of aromatic nitrogens is 1. The molecule has 0 saturated heterocycles. The zero-order valence-electron chi connectivity index (χ0n) is 10.4. The second-order valence-electron chi connectivity index (χ2n) is 3.79. The first-order valence-electron chi connectivity index (χ1n) is 5.68. The monoisotopic (exact) mass is 289 g/mol. The molecule has 0 aliphatic carbocycles. The summed E-state index contributed by atoms with van der Waals surface area (Å²) in [6.07, 6.45) is 3.35. The van der Waals surface area contributed by atoms with E-state index in [9.17, 15) is 18.5 Å². The number of nitrogen functional groups attached to an aromatic ring is 1. The summed E-state index contributed by atoms with van der Waals surface area (Å²) in [6, 6.07) is 1.08. The van der Waals surface area contributed by atoms with Gasteiger partial charge in [-0.3, -0.25) is 4.18 Å². The van der Waals surface area contributed by atoms with E-state index in [-0.39, 0.29) is 6.61 Å². The molecule has 0 radical (unpaired) electrons. The fraction of sp³-hybridized carbons (Fsp3) is 0.500. The van der Waals surface area contributed by atoms with E-state index in [1.807, 2.05) is 6.92 Å². The smallest absolute Gasteiger partial charge is 0.388 e. The summed E-state index contributed by atoms with van der Waals surface area (Å²) in [5.41, 5.74) is 4.93. The highest BCUT2D eigenvalue weighted by atomic mass is 32.2. The van der Waals surface area contributed by atoms with E-state index < -0.39 is 31.4 Å². The fourth-order valence-corrected chi connectivity index (χ4v) is 2.45. The van der Waals surface area contributed by atoms with Gasteiger partial charge in [-0.05, 0) is 16.3 Å². The molecular formula is C10H15N3O5S. The standard InChI is InChI=1S/C10H15N3O5S/c1-2-3-4-7-18-19(16,17)8-5-6-12-10(9(8)11)13(14)15/h5-6H,2-4,7,11H2,1H3. The van der Waals surface area contributed by atoms with E-state index in [0.29, 0.717) is 6.42 Å². The molecule has 2 N–H and O–H groups in total. The zero-order chi connectivity index (χ0) is 14.5. The molecule has 0 saturated carbocycles. The molecular weight excluding hydrogens is 274 g/mol. The number of unbranched alkanes of at least 4 members (excludes halogenated alkanes) is 2. The third-order valence-electron chi connectivity index (χ3n) is 2.36. The molecule has 1 aromatic rings. The number of nitrogens with zero attached hydrogens (tertiary/aromatic N) is 2. The SMILES string of the molecule is CCCCCOS(=O)(=O)c1ccnc([N+](=O)[O-])c1N. The Labute approximate surface area is 110 Å². The first-order valence-corrected chi connectivity index (χ1v) is 7.09. The number of hydrogen-bond acceptors (Lipinski definition) is 7. The normalized spacial score (nSPS) is 11.4. The maximum absolute atomic E-state index is 11.8. The Bertz CT molecular complexity index is 558. The molecule has 0 atom stereocenters. The van der Waals surface area contributed by atoms with E-state index in [2.05, 4.69) is 4.98 Å². The van der Waals surface area contributed by atoms with Crippen LogP contribution < -0.4 is 5.73 Å². The quantitative estimate of drug-likeness (QED) is 0.348. The van der Waals surface area contributed by atoms with Crippen molar-refractivity contribution in [2.24, 2.45) is 0 Å². The van der Waals surface area contributed by atoms with E-state index in [0.717, 1.165) is 25.1 Å². The predicted octanol–water partition coefficient (Wildman–Crippen LogP) is 1.47. The van der Waals surface area contributed by atoms with Gasteiger partial charge in [0.15, 0.2) is 5.69 Å². The number of hydrogen-bond donors (Lipinski definition) is 1. The van der Waals surface area contributed by atoms with Gasteiger partial charge in [-0.1, -0.05) is 19.8 Å². The van der Waals surface area contributed by atoms with Crippen molar-refractivity contribution >= 4 is 21.6 Å². The molecule has 19 heavy (non-hydrogen) atoms. The van der Waals surface area contributed by atoms with Crippen LogP contribution in [-0.4, -0.2) is 24.9 Å².